The van der Waals surface area contributed by atoms with E-state index in [0.29, 0.717) is 12.3 Å². The van der Waals surface area contributed by atoms with E-state index >= 15 is 0 Å². The molecule has 0 aliphatic heterocycles. The van der Waals surface area contributed by atoms with Gasteiger partial charge in [0.25, 0.3) is 0 Å². The molecular formula is C13H9BF5NO3. The van der Waals surface area contributed by atoms with Gasteiger partial charge < -0.3 is 14.8 Å². The van der Waals surface area contributed by atoms with Crippen LogP contribution >= 0.6 is 0 Å². The molecule has 0 atom stereocenters. The normalized spacial score (nSPS) is 11.5. The molecule has 0 fully saturated rings. The first kappa shape index (κ1) is 17.2. The number of pyridine rings is 1. The molecule has 0 radical (unpaired) electrons. The Morgan fingerprint density at radius 3 is 2.39 bits per heavy atom. The van der Waals surface area contributed by atoms with Crippen LogP contribution in [-0.4, -0.2) is 22.2 Å². The molecule has 4 nitrogen and oxygen atoms in total. The Labute approximate surface area is 127 Å². The first-order valence-electron chi connectivity index (χ1n) is 6.17. The van der Waals surface area contributed by atoms with E-state index in [1.807, 2.05) is 0 Å². The zero-order valence-electron chi connectivity index (χ0n) is 11.5. The number of hydrogen-bond acceptors (Lipinski definition) is 4. The molecule has 1 heterocycles. The maximum Gasteiger partial charge on any atom is 0.494 e. The van der Waals surface area contributed by atoms with Gasteiger partial charge in [-0.1, -0.05) is 0 Å². The van der Waals surface area contributed by atoms with Gasteiger partial charge in [0, 0.05) is 17.2 Å². The number of rotatable bonds is 3. The molecule has 0 aliphatic rings. The van der Waals surface area contributed by atoms with E-state index in [1.54, 1.807) is 0 Å². The molecule has 2 rings (SSSR count). The third kappa shape index (κ3) is 3.59. The monoisotopic (exact) mass is 333 g/mol. The van der Waals surface area contributed by atoms with Crippen LogP contribution in [0.25, 0.3) is 0 Å². The van der Waals surface area contributed by atoms with E-state index in [9.17, 15) is 32.0 Å². The van der Waals surface area contributed by atoms with E-state index < -0.39 is 41.8 Å². The lowest BCUT2D eigenvalue weighted by atomic mass is 9.80. The second-order valence-electron chi connectivity index (χ2n) is 4.58. The van der Waals surface area contributed by atoms with Gasteiger partial charge in [-0.15, -0.1) is 0 Å². The summed E-state index contributed by atoms with van der Waals surface area (Å²) in [4.78, 5) is 3.38. The van der Waals surface area contributed by atoms with Crippen LogP contribution in [0.5, 0.6) is 11.6 Å². The molecule has 0 saturated heterocycles. The zero-order chi connectivity index (χ0) is 17.4. The Hall–Kier alpha value is -2.20. The highest BCUT2D eigenvalue weighted by Crippen LogP contribution is 2.30. The summed E-state index contributed by atoms with van der Waals surface area (Å²) >= 11 is 0. The highest BCUT2D eigenvalue weighted by Gasteiger charge is 2.33. The van der Waals surface area contributed by atoms with Crippen LogP contribution in [-0.2, 0) is 6.18 Å². The molecule has 0 unspecified atom stereocenters. The summed E-state index contributed by atoms with van der Waals surface area (Å²) in [6, 6.07) is 2.25. The smallest absolute Gasteiger partial charge is 0.439 e. The lowest BCUT2D eigenvalue weighted by molar-refractivity contribution is -0.137. The number of ether oxygens (including phenoxy) is 1. The molecule has 1 aromatic carbocycles. The van der Waals surface area contributed by atoms with Crippen molar-refractivity contribution in [3.8, 4) is 11.6 Å². The van der Waals surface area contributed by atoms with Gasteiger partial charge in [-0.2, -0.15) is 13.2 Å². The molecule has 0 saturated carbocycles. The first-order chi connectivity index (χ1) is 10.6. The van der Waals surface area contributed by atoms with Crippen LogP contribution in [0.4, 0.5) is 22.0 Å². The van der Waals surface area contributed by atoms with Crippen molar-refractivity contribution < 1.29 is 36.7 Å². The third-order valence-corrected chi connectivity index (χ3v) is 2.98. The summed E-state index contributed by atoms with van der Waals surface area (Å²) in [5.74, 6) is -3.11. The molecule has 23 heavy (non-hydrogen) atoms. The Morgan fingerprint density at radius 1 is 1.17 bits per heavy atom. The molecule has 1 aromatic heterocycles. The second-order valence-corrected chi connectivity index (χ2v) is 4.58. The minimum absolute atomic E-state index is 0.224. The summed E-state index contributed by atoms with van der Waals surface area (Å²) < 4.78 is 69.4. The topological polar surface area (TPSA) is 62.6 Å². The minimum Gasteiger partial charge on any atom is -0.439 e. The lowest BCUT2D eigenvalue weighted by Gasteiger charge is -2.14. The van der Waals surface area contributed by atoms with Crippen LogP contribution in [0.15, 0.2) is 24.4 Å². The fourth-order valence-corrected chi connectivity index (χ4v) is 1.74. The number of aromatic nitrogens is 1. The second kappa shape index (κ2) is 6.13. The Balaban J connectivity index is 2.46. The Bertz CT molecular complexity index is 736. The summed E-state index contributed by atoms with van der Waals surface area (Å²) in [6.45, 7) is 1.19. The van der Waals surface area contributed by atoms with Gasteiger partial charge in [-0.3, -0.25) is 0 Å². The molecule has 0 amide bonds. The predicted octanol–water partition coefficient (Wildman–Crippen LogP) is 2.16. The minimum atomic E-state index is -4.74. The van der Waals surface area contributed by atoms with Crippen molar-refractivity contribution in [3.63, 3.8) is 0 Å². The zero-order valence-corrected chi connectivity index (χ0v) is 11.5. The number of alkyl halides is 3. The van der Waals surface area contributed by atoms with Crippen LogP contribution in [0.3, 0.4) is 0 Å². The van der Waals surface area contributed by atoms with Crippen LogP contribution in [0, 0.1) is 18.6 Å². The van der Waals surface area contributed by atoms with Crippen LogP contribution in [0.1, 0.15) is 11.1 Å². The fraction of sp³-hybridized carbons (Fsp3) is 0.154. The van der Waals surface area contributed by atoms with E-state index in [4.69, 9.17) is 4.74 Å². The maximum atomic E-state index is 13.5. The fourth-order valence-electron chi connectivity index (χ4n) is 1.74. The van der Waals surface area contributed by atoms with Crippen molar-refractivity contribution in [2.75, 3.05) is 0 Å². The summed E-state index contributed by atoms with van der Waals surface area (Å²) in [5.41, 5.74) is -2.12. The molecule has 0 aliphatic carbocycles. The Kier molecular flexibility index (Phi) is 4.57. The van der Waals surface area contributed by atoms with E-state index in [1.165, 1.54) is 6.92 Å². The van der Waals surface area contributed by atoms with E-state index in [0.717, 1.165) is 12.1 Å². The summed E-state index contributed by atoms with van der Waals surface area (Å²) in [6.07, 6.45) is -4.32. The van der Waals surface area contributed by atoms with Crippen LogP contribution < -0.4 is 10.2 Å². The molecule has 2 aromatic rings. The van der Waals surface area contributed by atoms with Gasteiger partial charge in [-0.25, -0.2) is 13.8 Å². The van der Waals surface area contributed by atoms with Gasteiger partial charge in [0.15, 0.2) is 11.6 Å². The number of benzene rings is 1. The van der Waals surface area contributed by atoms with Gasteiger partial charge in [0.05, 0.1) is 5.56 Å². The average Bonchev–Trinajstić information content (AvgIpc) is 2.47. The highest BCUT2D eigenvalue weighted by molar-refractivity contribution is 6.59. The predicted molar refractivity (Wildman–Crippen MR) is 70.2 cm³/mol. The van der Waals surface area contributed by atoms with E-state index in [2.05, 4.69) is 4.98 Å². The average molecular weight is 333 g/mol. The third-order valence-electron chi connectivity index (χ3n) is 2.98. The van der Waals surface area contributed by atoms with Crippen molar-refractivity contribution in [1.29, 1.82) is 0 Å². The quantitative estimate of drug-likeness (QED) is 0.668. The molecule has 0 bridgehead atoms. The van der Waals surface area contributed by atoms with Crippen molar-refractivity contribution >= 4 is 12.6 Å². The van der Waals surface area contributed by atoms with Crippen molar-refractivity contribution in [1.82, 2.24) is 4.98 Å². The van der Waals surface area contributed by atoms with Crippen molar-refractivity contribution in [2.45, 2.75) is 13.1 Å². The van der Waals surface area contributed by atoms with Gasteiger partial charge in [0.1, 0.15) is 5.75 Å². The Morgan fingerprint density at radius 2 is 1.83 bits per heavy atom. The highest BCUT2D eigenvalue weighted by atomic mass is 19.4. The molecular weight excluding hydrogens is 324 g/mol. The van der Waals surface area contributed by atoms with Crippen molar-refractivity contribution in [3.05, 3.63) is 47.2 Å². The maximum absolute atomic E-state index is 13.5. The standard InChI is InChI=1S/C13H9BF5NO3/c1-6-10(3-2-9(15)11(6)16)23-12-8(14(21)22)4-7(5-20-12)13(17,18)19/h2-5,21-22H,1H3. The van der Waals surface area contributed by atoms with Gasteiger partial charge in [0.2, 0.25) is 5.88 Å². The molecule has 2 N–H and O–H groups in total. The lowest BCUT2D eigenvalue weighted by Crippen LogP contribution is -2.33. The van der Waals surface area contributed by atoms with Gasteiger partial charge >= 0.3 is 13.3 Å². The molecule has 10 heteroatoms. The largest absolute Gasteiger partial charge is 0.494 e. The van der Waals surface area contributed by atoms with Crippen LogP contribution in [0.2, 0.25) is 0 Å². The van der Waals surface area contributed by atoms with Crippen molar-refractivity contribution in [2.24, 2.45) is 0 Å². The SMILES string of the molecule is Cc1c(Oc2ncc(C(F)(F)F)cc2B(O)O)ccc(F)c1F. The number of halogens is 5. The molecule has 0 spiro atoms. The summed E-state index contributed by atoms with van der Waals surface area (Å²) in [5, 5.41) is 18.3. The van der Waals surface area contributed by atoms with Gasteiger partial charge in [-0.05, 0) is 25.1 Å². The first-order valence-corrected chi connectivity index (χ1v) is 6.17. The molecule has 122 valence electrons. The van der Waals surface area contributed by atoms with E-state index in [-0.39, 0.29) is 11.3 Å². The summed E-state index contributed by atoms with van der Waals surface area (Å²) in [7, 11) is -2.30. The number of nitrogens with zero attached hydrogens (tertiary/aromatic N) is 1. The number of hydrogen-bond donors (Lipinski definition) is 2.